The van der Waals surface area contributed by atoms with E-state index in [9.17, 15) is 15.3 Å². The first-order valence-electron chi connectivity index (χ1n) is 13.9. The Morgan fingerprint density at radius 3 is 2.15 bits per heavy atom. The normalized spacial score (nSPS) is 52.8. The van der Waals surface area contributed by atoms with Gasteiger partial charge in [0.1, 0.15) is 0 Å². The van der Waals surface area contributed by atoms with Gasteiger partial charge in [-0.25, -0.2) is 0 Å². The molecule has 5 rings (SSSR count). The van der Waals surface area contributed by atoms with Crippen molar-refractivity contribution in [1.29, 1.82) is 0 Å². The van der Waals surface area contributed by atoms with Gasteiger partial charge in [0.05, 0.1) is 6.10 Å². The summed E-state index contributed by atoms with van der Waals surface area (Å²) >= 11 is 0. The molecule has 0 aromatic carbocycles. The Morgan fingerprint density at radius 1 is 0.818 bits per heavy atom. The van der Waals surface area contributed by atoms with Crippen molar-refractivity contribution in [2.45, 2.75) is 125 Å². The second kappa shape index (κ2) is 7.10. The molecule has 0 amide bonds. The second-order valence-corrected chi connectivity index (χ2v) is 15.2. The maximum Gasteiger partial charge on any atom is 0.157 e. The van der Waals surface area contributed by atoms with Crippen LogP contribution in [0.3, 0.4) is 0 Å². The molecule has 4 unspecified atom stereocenters. The molecule has 0 radical (unpaired) electrons. The van der Waals surface area contributed by atoms with Crippen LogP contribution >= 0.6 is 0 Å². The van der Waals surface area contributed by atoms with Gasteiger partial charge in [-0.15, -0.1) is 0 Å². The summed E-state index contributed by atoms with van der Waals surface area (Å²) in [5.74, 6) is 1.49. The lowest BCUT2D eigenvalue weighted by molar-refractivity contribution is -0.225. The first-order chi connectivity index (χ1) is 15.1. The molecular formula is C30H50O3. The molecule has 0 spiro atoms. The Morgan fingerprint density at radius 2 is 1.48 bits per heavy atom. The Balaban J connectivity index is 1.59. The van der Waals surface area contributed by atoms with Gasteiger partial charge < -0.3 is 15.3 Å². The summed E-state index contributed by atoms with van der Waals surface area (Å²) in [7, 11) is 0. The van der Waals surface area contributed by atoms with Crippen LogP contribution in [0, 0.1) is 50.2 Å². The van der Waals surface area contributed by atoms with E-state index in [1.165, 1.54) is 12.8 Å². The third-order valence-corrected chi connectivity index (χ3v) is 13.2. The van der Waals surface area contributed by atoms with E-state index in [-0.39, 0.29) is 44.5 Å². The predicted octanol–water partition coefficient (Wildman–Crippen LogP) is 6.46. The third kappa shape index (κ3) is 2.97. The Bertz CT molecular complexity index is 841. The summed E-state index contributed by atoms with van der Waals surface area (Å²) in [6, 6.07) is 0. The van der Waals surface area contributed by atoms with Crippen LogP contribution < -0.4 is 0 Å². The van der Waals surface area contributed by atoms with Crippen molar-refractivity contribution < 1.29 is 15.3 Å². The minimum absolute atomic E-state index is 0.0185. The molecule has 0 bridgehead atoms. The number of fused-ring (bicyclic) bond motifs is 7. The maximum absolute atomic E-state index is 10.9. The number of aliphatic hydroxyl groups is 3. The maximum atomic E-state index is 10.9. The summed E-state index contributed by atoms with van der Waals surface area (Å²) in [5, 5.41) is 32.3. The number of allylic oxidation sites excluding steroid dienone is 2. The monoisotopic (exact) mass is 458 g/mol. The van der Waals surface area contributed by atoms with Crippen LogP contribution in [0.25, 0.3) is 0 Å². The van der Waals surface area contributed by atoms with Gasteiger partial charge in [-0.05, 0) is 109 Å². The zero-order chi connectivity index (χ0) is 24.2. The van der Waals surface area contributed by atoms with Crippen molar-refractivity contribution in [3.63, 3.8) is 0 Å². The molecule has 188 valence electrons. The van der Waals surface area contributed by atoms with Gasteiger partial charge >= 0.3 is 0 Å². The lowest BCUT2D eigenvalue weighted by Gasteiger charge is -2.71. The zero-order valence-corrected chi connectivity index (χ0v) is 22.4. The highest BCUT2D eigenvalue weighted by Gasteiger charge is 2.68. The zero-order valence-electron chi connectivity index (χ0n) is 22.4. The van der Waals surface area contributed by atoms with Gasteiger partial charge in [0.15, 0.2) is 6.29 Å². The van der Waals surface area contributed by atoms with E-state index in [1.807, 2.05) is 0 Å². The van der Waals surface area contributed by atoms with Crippen LogP contribution in [0.15, 0.2) is 11.6 Å². The average molecular weight is 459 g/mol. The van der Waals surface area contributed by atoms with Crippen molar-refractivity contribution in [3.8, 4) is 0 Å². The van der Waals surface area contributed by atoms with E-state index in [1.54, 1.807) is 5.57 Å². The summed E-state index contributed by atoms with van der Waals surface area (Å²) < 4.78 is 0. The Hall–Kier alpha value is -0.380. The van der Waals surface area contributed by atoms with Crippen molar-refractivity contribution in [2.75, 3.05) is 0 Å². The molecular weight excluding hydrogens is 408 g/mol. The van der Waals surface area contributed by atoms with Gasteiger partial charge in [0, 0.05) is 5.41 Å². The fourth-order valence-electron chi connectivity index (χ4n) is 10.7. The molecule has 33 heavy (non-hydrogen) atoms. The molecule has 8 atom stereocenters. The van der Waals surface area contributed by atoms with E-state index >= 15 is 0 Å². The highest BCUT2D eigenvalue weighted by Crippen LogP contribution is 2.75. The highest BCUT2D eigenvalue weighted by atomic mass is 16.5. The molecule has 3 N–H and O–H groups in total. The smallest absolute Gasteiger partial charge is 0.157 e. The van der Waals surface area contributed by atoms with Crippen LogP contribution in [-0.2, 0) is 0 Å². The van der Waals surface area contributed by atoms with Crippen LogP contribution in [-0.4, -0.2) is 27.7 Å². The number of aliphatic hydroxyl groups excluding tert-OH is 2. The lowest BCUT2D eigenvalue weighted by Crippen LogP contribution is -2.65. The summed E-state index contributed by atoms with van der Waals surface area (Å²) in [6.45, 7) is 17.1. The van der Waals surface area contributed by atoms with E-state index in [2.05, 4.69) is 54.5 Å². The van der Waals surface area contributed by atoms with Gasteiger partial charge in [0.25, 0.3) is 0 Å². The third-order valence-electron chi connectivity index (χ3n) is 13.2. The molecule has 4 fully saturated rings. The average Bonchev–Trinajstić information content (AvgIpc) is 2.71. The molecule has 0 saturated heterocycles. The summed E-state index contributed by atoms with van der Waals surface area (Å²) in [5.41, 5.74) is 2.07. The summed E-state index contributed by atoms with van der Waals surface area (Å²) in [4.78, 5) is 0. The van der Waals surface area contributed by atoms with E-state index in [4.69, 9.17) is 0 Å². The lowest BCUT2D eigenvalue weighted by atomic mass is 9.33. The molecule has 5 aliphatic rings. The van der Waals surface area contributed by atoms with Crippen molar-refractivity contribution in [3.05, 3.63) is 11.6 Å². The van der Waals surface area contributed by atoms with Gasteiger partial charge in [-0.1, -0.05) is 60.1 Å². The largest absolute Gasteiger partial charge is 0.393 e. The number of hydrogen-bond donors (Lipinski definition) is 3. The summed E-state index contributed by atoms with van der Waals surface area (Å²) in [6.07, 6.45) is 11.9. The van der Waals surface area contributed by atoms with E-state index in [0.717, 1.165) is 51.4 Å². The van der Waals surface area contributed by atoms with Crippen LogP contribution in [0.5, 0.6) is 0 Å². The minimum atomic E-state index is -1.22. The predicted molar refractivity (Wildman–Crippen MR) is 133 cm³/mol. The molecule has 3 heteroatoms. The molecule has 0 heterocycles. The van der Waals surface area contributed by atoms with Gasteiger partial charge in [-0.2, -0.15) is 0 Å². The van der Waals surface area contributed by atoms with Gasteiger partial charge in [0.2, 0.25) is 0 Å². The molecule has 0 aromatic rings. The SMILES string of the molecule is CC1(C)CC[C@]2(C(O)O)CC[C@]3(C)C(=CCC4C5(C)CC[C@@H](O)C(C)(C)C5CC[C@]43C)C2C1. The van der Waals surface area contributed by atoms with Crippen molar-refractivity contribution in [2.24, 2.45) is 50.2 Å². The van der Waals surface area contributed by atoms with Crippen LogP contribution in [0.2, 0.25) is 0 Å². The van der Waals surface area contributed by atoms with Gasteiger partial charge in [-0.3, -0.25) is 0 Å². The van der Waals surface area contributed by atoms with Crippen LogP contribution in [0.1, 0.15) is 113 Å². The van der Waals surface area contributed by atoms with Crippen LogP contribution in [0.4, 0.5) is 0 Å². The molecule has 4 saturated carbocycles. The fourth-order valence-corrected chi connectivity index (χ4v) is 10.7. The number of hydrogen-bond acceptors (Lipinski definition) is 3. The molecule has 3 nitrogen and oxygen atoms in total. The van der Waals surface area contributed by atoms with E-state index < -0.39 is 6.29 Å². The Kier molecular flexibility index (Phi) is 5.23. The molecule has 5 aliphatic carbocycles. The molecule has 0 aromatic heterocycles. The molecule has 0 aliphatic heterocycles. The van der Waals surface area contributed by atoms with E-state index in [0.29, 0.717) is 11.8 Å². The van der Waals surface area contributed by atoms with Crippen molar-refractivity contribution >= 4 is 0 Å². The number of rotatable bonds is 1. The first-order valence-corrected chi connectivity index (χ1v) is 13.9. The quantitative estimate of drug-likeness (QED) is 0.312. The van der Waals surface area contributed by atoms with Crippen molar-refractivity contribution in [1.82, 2.24) is 0 Å². The first kappa shape index (κ1) is 24.3. The highest BCUT2D eigenvalue weighted by molar-refractivity contribution is 5.34. The fraction of sp³-hybridized carbons (Fsp3) is 0.933. The minimum Gasteiger partial charge on any atom is -0.393 e. The second-order valence-electron chi connectivity index (χ2n) is 15.2. The topological polar surface area (TPSA) is 60.7 Å². The standard InChI is InChI=1S/C30H50O3/c1-25(2)14-16-30(24(32)33)17-15-28(6)19(20(30)18-25)8-9-22-27(5)12-11-23(31)26(3,4)21(27)10-13-29(22,28)7/h8,20-24,31-33H,9-18H2,1-7H3/t20?,21?,22?,23-,27?,28-,29-,30+/m1/s1. The Labute approximate surface area is 202 Å².